The highest BCUT2D eigenvalue weighted by atomic mass is 19.4. The summed E-state index contributed by atoms with van der Waals surface area (Å²) < 4.78 is 43.3. The van der Waals surface area contributed by atoms with Gasteiger partial charge in [-0.3, -0.25) is 0 Å². The van der Waals surface area contributed by atoms with Crippen LogP contribution in [0, 0.1) is 0 Å². The fraction of sp³-hybridized carbons (Fsp3) is 0.350. The second-order valence-corrected chi connectivity index (χ2v) is 6.36. The molecule has 0 aliphatic rings. The van der Waals surface area contributed by atoms with Crippen molar-refractivity contribution in [3.63, 3.8) is 0 Å². The van der Waals surface area contributed by atoms with Crippen molar-refractivity contribution < 1.29 is 38.0 Å². The molecular formula is C20H22F3NO5. The van der Waals surface area contributed by atoms with E-state index in [-0.39, 0.29) is 30.7 Å². The molecule has 0 heterocycles. The quantitative estimate of drug-likeness (QED) is 0.533. The Hall–Kier alpha value is -2.62. The van der Waals surface area contributed by atoms with Crippen molar-refractivity contribution in [1.29, 1.82) is 0 Å². The van der Waals surface area contributed by atoms with Crippen molar-refractivity contribution in [3.05, 3.63) is 70.8 Å². The highest BCUT2D eigenvalue weighted by Crippen LogP contribution is 2.32. The van der Waals surface area contributed by atoms with Crippen molar-refractivity contribution in [1.82, 2.24) is 5.32 Å². The lowest BCUT2D eigenvalue weighted by Gasteiger charge is -2.21. The van der Waals surface area contributed by atoms with Crippen LogP contribution in [0.5, 0.6) is 0 Å². The number of ether oxygens (including phenoxy) is 1. The van der Waals surface area contributed by atoms with Gasteiger partial charge in [0.15, 0.2) is 0 Å². The maximum Gasteiger partial charge on any atom is 0.416 e. The third-order valence-corrected chi connectivity index (χ3v) is 4.25. The van der Waals surface area contributed by atoms with Gasteiger partial charge < -0.3 is 25.4 Å². The average molecular weight is 413 g/mol. The van der Waals surface area contributed by atoms with Crippen LogP contribution in [0.15, 0.2) is 48.5 Å². The summed E-state index contributed by atoms with van der Waals surface area (Å²) in [6.45, 7) is -0.683. The van der Waals surface area contributed by atoms with Crippen molar-refractivity contribution in [3.8, 4) is 0 Å². The minimum atomic E-state index is -4.59. The smallest absolute Gasteiger partial charge is 0.416 e. The van der Waals surface area contributed by atoms with Gasteiger partial charge in [0.1, 0.15) is 12.7 Å². The number of benzene rings is 2. The van der Waals surface area contributed by atoms with E-state index >= 15 is 0 Å². The zero-order valence-electron chi connectivity index (χ0n) is 15.4. The lowest BCUT2D eigenvalue weighted by atomic mass is 9.95. The van der Waals surface area contributed by atoms with E-state index in [0.29, 0.717) is 0 Å². The molecule has 29 heavy (non-hydrogen) atoms. The number of carbonyl (C=O) groups excluding carboxylic acids is 1. The van der Waals surface area contributed by atoms with E-state index in [2.05, 4.69) is 5.32 Å². The third-order valence-electron chi connectivity index (χ3n) is 4.25. The van der Waals surface area contributed by atoms with Gasteiger partial charge in [-0.25, -0.2) is 4.79 Å². The van der Waals surface area contributed by atoms with Gasteiger partial charge in [-0.15, -0.1) is 0 Å². The van der Waals surface area contributed by atoms with Crippen molar-refractivity contribution in [2.24, 2.45) is 0 Å². The van der Waals surface area contributed by atoms with Crippen molar-refractivity contribution in [2.45, 2.75) is 38.0 Å². The van der Waals surface area contributed by atoms with E-state index in [0.717, 1.165) is 23.8 Å². The summed E-state index contributed by atoms with van der Waals surface area (Å²) in [5.41, 5.74) is -0.312. The van der Waals surface area contributed by atoms with Crippen LogP contribution in [0.1, 0.15) is 34.8 Å². The SMILES string of the molecule is O=C(NCCC(O)C(O)c1ccc(C(F)(F)F)cc1CO)OCc1ccccc1. The normalized spacial score (nSPS) is 13.6. The van der Waals surface area contributed by atoms with E-state index in [9.17, 15) is 33.3 Å². The van der Waals surface area contributed by atoms with Crippen LogP contribution in [-0.2, 0) is 24.1 Å². The molecule has 2 unspecified atom stereocenters. The number of halogens is 3. The second-order valence-electron chi connectivity index (χ2n) is 6.36. The molecule has 0 aliphatic heterocycles. The van der Waals surface area contributed by atoms with Gasteiger partial charge in [0.2, 0.25) is 0 Å². The van der Waals surface area contributed by atoms with Gasteiger partial charge in [-0.05, 0) is 35.2 Å². The molecule has 0 saturated carbocycles. The van der Waals surface area contributed by atoms with Crippen LogP contribution in [-0.4, -0.2) is 34.1 Å². The van der Waals surface area contributed by atoms with E-state index in [1.54, 1.807) is 24.3 Å². The third kappa shape index (κ3) is 6.74. The Morgan fingerprint density at radius 1 is 1.10 bits per heavy atom. The topological polar surface area (TPSA) is 99.0 Å². The van der Waals surface area contributed by atoms with Gasteiger partial charge in [0.05, 0.1) is 18.3 Å². The lowest BCUT2D eigenvalue weighted by molar-refractivity contribution is -0.137. The molecule has 0 aromatic heterocycles. The first-order valence-corrected chi connectivity index (χ1v) is 8.84. The molecule has 6 nitrogen and oxygen atoms in total. The summed E-state index contributed by atoms with van der Waals surface area (Å²) in [6.07, 6.45) is -8.27. The molecule has 2 aromatic carbocycles. The number of nitrogens with one attached hydrogen (secondary N) is 1. The second kappa shape index (κ2) is 10.2. The van der Waals surface area contributed by atoms with Crippen LogP contribution < -0.4 is 5.32 Å². The lowest BCUT2D eigenvalue weighted by Crippen LogP contribution is -2.30. The van der Waals surface area contributed by atoms with Crippen molar-refractivity contribution >= 4 is 6.09 Å². The molecule has 0 radical (unpaired) electrons. The van der Waals surface area contributed by atoms with Crippen LogP contribution in [0.2, 0.25) is 0 Å². The molecule has 0 fully saturated rings. The van der Waals surface area contributed by atoms with E-state index in [1.807, 2.05) is 6.07 Å². The highest BCUT2D eigenvalue weighted by molar-refractivity contribution is 5.67. The summed E-state index contributed by atoms with van der Waals surface area (Å²) >= 11 is 0. The maximum atomic E-state index is 12.8. The van der Waals surface area contributed by atoms with Gasteiger partial charge in [-0.1, -0.05) is 36.4 Å². The molecule has 9 heteroatoms. The van der Waals surface area contributed by atoms with Gasteiger partial charge >= 0.3 is 12.3 Å². The Bertz CT molecular complexity index is 798. The average Bonchev–Trinajstić information content (AvgIpc) is 2.71. The number of alkyl halides is 3. The Morgan fingerprint density at radius 2 is 1.79 bits per heavy atom. The predicted molar refractivity (Wildman–Crippen MR) is 97.6 cm³/mol. The van der Waals surface area contributed by atoms with E-state index < -0.39 is 36.6 Å². The first-order valence-electron chi connectivity index (χ1n) is 8.84. The molecule has 2 rings (SSSR count). The summed E-state index contributed by atoms with van der Waals surface area (Å²) in [5.74, 6) is 0. The number of rotatable bonds is 8. The molecule has 158 valence electrons. The number of aliphatic hydroxyl groups excluding tert-OH is 3. The van der Waals surface area contributed by atoms with Crippen LogP contribution in [0.4, 0.5) is 18.0 Å². The van der Waals surface area contributed by atoms with Crippen LogP contribution >= 0.6 is 0 Å². The molecular weight excluding hydrogens is 391 g/mol. The van der Waals surface area contributed by atoms with Crippen molar-refractivity contribution in [2.75, 3.05) is 6.54 Å². The summed E-state index contributed by atoms with van der Waals surface area (Å²) in [4.78, 5) is 11.7. The zero-order valence-corrected chi connectivity index (χ0v) is 15.4. The van der Waals surface area contributed by atoms with Crippen LogP contribution in [0.25, 0.3) is 0 Å². The molecule has 4 N–H and O–H groups in total. The molecule has 0 bridgehead atoms. The molecule has 0 spiro atoms. The minimum absolute atomic E-state index is 0.0142. The summed E-state index contributed by atoms with van der Waals surface area (Å²) in [6, 6.07) is 11.5. The monoisotopic (exact) mass is 413 g/mol. The molecule has 2 aromatic rings. The first-order chi connectivity index (χ1) is 13.7. The minimum Gasteiger partial charge on any atom is -0.445 e. The van der Waals surface area contributed by atoms with E-state index in [4.69, 9.17) is 4.74 Å². The number of carbonyl (C=O) groups is 1. The number of amides is 1. The van der Waals surface area contributed by atoms with Gasteiger partial charge in [0.25, 0.3) is 0 Å². The Kier molecular flexibility index (Phi) is 8.00. The van der Waals surface area contributed by atoms with Crippen LogP contribution in [0.3, 0.4) is 0 Å². The number of hydrogen-bond acceptors (Lipinski definition) is 5. The number of aliphatic hydroxyl groups is 3. The molecule has 1 amide bonds. The summed E-state index contributed by atoms with van der Waals surface area (Å²) in [7, 11) is 0. The zero-order chi connectivity index (χ0) is 21.4. The molecule has 0 saturated heterocycles. The maximum absolute atomic E-state index is 12.8. The van der Waals surface area contributed by atoms with E-state index in [1.165, 1.54) is 0 Å². The predicted octanol–water partition coefficient (Wildman–Crippen LogP) is 2.91. The largest absolute Gasteiger partial charge is 0.445 e. The Labute approximate surface area is 165 Å². The highest BCUT2D eigenvalue weighted by Gasteiger charge is 2.32. The Morgan fingerprint density at radius 3 is 2.41 bits per heavy atom. The number of hydrogen-bond donors (Lipinski definition) is 4. The standard InChI is InChI=1S/C20H22F3NO5/c21-20(22,23)15-6-7-16(14(10-15)11-25)18(27)17(26)8-9-24-19(28)29-12-13-4-2-1-3-5-13/h1-7,10,17-18,25-27H,8-9,11-12H2,(H,24,28). The fourth-order valence-electron chi connectivity index (χ4n) is 2.67. The fourth-order valence-corrected chi connectivity index (χ4v) is 2.67. The number of alkyl carbamates (subject to hydrolysis) is 1. The van der Waals surface area contributed by atoms with Gasteiger partial charge in [0, 0.05) is 6.54 Å². The summed E-state index contributed by atoms with van der Waals surface area (Å²) in [5, 5.41) is 32.0. The first kappa shape index (κ1) is 22.7. The van der Waals surface area contributed by atoms with Gasteiger partial charge in [-0.2, -0.15) is 13.2 Å². The Balaban J connectivity index is 1.85. The molecule has 2 atom stereocenters. The molecule has 0 aliphatic carbocycles.